The second kappa shape index (κ2) is 11.5. The van der Waals surface area contributed by atoms with Crippen molar-refractivity contribution in [1.29, 1.82) is 0 Å². The summed E-state index contributed by atoms with van der Waals surface area (Å²) in [5, 5.41) is 38.6. The molecule has 5 rings (SSSR count). The standard InChI is InChI=1S/C26H24N8O2S2/c1-16-14-19(29-32-23-9-10-24(38-23)34-11-3-4-12-34)6-7-20(16)30-28-18-5-8-21(17(2)13-18)31-33-26-27-22(15-37-26)25(35)36/h5-10,13-15H,3-4,11-12H2,1-2H3,(H,35,36)/b30-28+,32-29+,33-31+. The maximum atomic E-state index is 10.9. The molecular weight excluding hydrogens is 520 g/mol. The van der Waals surface area contributed by atoms with E-state index in [1.54, 1.807) is 23.5 Å². The van der Waals surface area contributed by atoms with Gasteiger partial charge in [-0.15, -0.1) is 31.8 Å². The SMILES string of the molecule is Cc1cc(/N=N/c2ccc(N3CCCC3)s2)ccc1/N=N/c1ccc(/N=N/c2nc(C(=O)O)cs2)c(C)c1. The molecule has 2 aromatic heterocycles. The van der Waals surface area contributed by atoms with E-state index in [4.69, 9.17) is 5.11 Å². The van der Waals surface area contributed by atoms with Crippen LogP contribution in [0.4, 0.5) is 37.9 Å². The minimum atomic E-state index is -1.09. The van der Waals surface area contributed by atoms with Crippen molar-refractivity contribution in [3.8, 4) is 0 Å². The van der Waals surface area contributed by atoms with Crippen molar-refractivity contribution in [2.24, 2.45) is 30.7 Å². The number of hydrogen-bond acceptors (Lipinski definition) is 11. The first-order chi connectivity index (χ1) is 18.4. The fourth-order valence-electron chi connectivity index (χ4n) is 3.83. The number of benzene rings is 2. The molecule has 0 radical (unpaired) electrons. The molecule has 10 nitrogen and oxygen atoms in total. The van der Waals surface area contributed by atoms with Crippen LogP contribution in [0.3, 0.4) is 0 Å². The third-order valence-corrected chi connectivity index (χ3v) is 7.60. The summed E-state index contributed by atoms with van der Waals surface area (Å²) in [6, 6.07) is 15.3. The summed E-state index contributed by atoms with van der Waals surface area (Å²) in [5.74, 6) is -1.09. The largest absolute Gasteiger partial charge is 0.476 e. The van der Waals surface area contributed by atoms with E-state index in [-0.39, 0.29) is 10.8 Å². The molecule has 12 heteroatoms. The van der Waals surface area contributed by atoms with Crippen LogP contribution in [0.2, 0.25) is 0 Å². The van der Waals surface area contributed by atoms with Gasteiger partial charge in [0.1, 0.15) is 5.00 Å². The van der Waals surface area contributed by atoms with E-state index in [9.17, 15) is 4.79 Å². The molecule has 1 aliphatic rings. The van der Waals surface area contributed by atoms with Crippen molar-refractivity contribution < 1.29 is 9.90 Å². The zero-order valence-corrected chi connectivity index (χ0v) is 22.4. The summed E-state index contributed by atoms with van der Waals surface area (Å²) in [5.41, 5.74) is 4.58. The summed E-state index contributed by atoms with van der Waals surface area (Å²) in [6.45, 7) is 6.09. The Hall–Kier alpha value is -4.16. The van der Waals surface area contributed by atoms with E-state index in [2.05, 4.69) is 46.6 Å². The normalized spacial score (nSPS) is 14.0. The van der Waals surface area contributed by atoms with Crippen LogP contribution >= 0.6 is 22.7 Å². The molecule has 0 saturated carbocycles. The van der Waals surface area contributed by atoms with Gasteiger partial charge in [-0.2, -0.15) is 10.2 Å². The van der Waals surface area contributed by atoms with Gasteiger partial charge in [0.15, 0.2) is 5.69 Å². The summed E-state index contributed by atoms with van der Waals surface area (Å²) in [6.07, 6.45) is 2.50. The van der Waals surface area contributed by atoms with Gasteiger partial charge in [-0.1, -0.05) is 11.3 Å². The van der Waals surface area contributed by atoms with Crippen LogP contribution in [-0.4, -0.2) is 29.1 Å². The topological polar surface area (TPSA) is 128 Å². The van der Waals surface area contributed by atoms with Gasteiger partial charge < -0.3 is 10.0 Å². The lowest BCUT2D eigenvalue weighted by Crippen LogP contribution is -2.15. The third kappa shape index (κ3) is 6.21. The maximum Gasteiger partial charge on any atom is 0.355 e. The van der Waals surface area contributed by atoms with Gasteiger partial charge in [-0.25, -0.2) is 9.78 Å². The number of aromatic carboxylic acids is 1. The van der Waals surface area contributed by atoms with E-state index >= 15 is 0 Å². The van der Waals surface area contributed by atoms with Gasteiger partial charge in [-0.05, 0) is 86.3 Å². The summed E-state index contributed by atoms with van der Waals surface area (Å²) < 4.78 is 0. The van der Waals surface area contributed by atoms with Gasteiger partial charge in [0.2, 0.25) is 5.13 Å². The van der Waals surface area contributed by atoms with Crippen LogP contribution in [0, 0.1) is 13.8 Å². The quantitative estimate of drug-likeness (QED) is 0.222. The average Bonchev–Trinajstić information content (AvgIpc) is 3.68. The molecule has 38 heavy (non-hydrogen) atoms. The Morgan fingerprint density at radius 3 is 2.08 bits per heavy atom. The fraction of sp³-hybridized carbons (Fsp3) is 0.231. The van der Waals surface area contributed by atoms with E-state index in [1.807, 2.05) is 44.2 Å². The van der Waals surface area contributed by atoms with Gasteiger partial charge in [0, 0.05) is 18.5 Å². The highest BCUT2D eigenvalue weighted by molar-refractivity contribution is 7.19. The average molecular weight is 545 g/mol. The van der Waals surface area contributed by atoms with Crippen LogP contribution < -0.4 is 4.90 Å². The van der Waals surface area contributed by atoms with Crippen LogP contribution in [-0.2, 0) is 0 Å². The molecule has 2 aromatic carbocycles. The number of rotatable bonds is 8. The molecule has 1 saturated heterocycles. The Morgan fingerprint density at radius 2 is 1.47 bits per heavy atom. The minimum Gasteiger partial charge on any atom is -0.476 e. The molecule has 1 fully saturated rings. The number of aromatic nitrogens is 1. The van der Waals surface area contributed by atoms with Crippen LogP contribution in [0.25, 0.3) is 0 Å². The zero-order chi connectivity index (χ0) is 26.5. The van der Waals surface area contributed by atoms with Crippen LogP contribution in [0.15, 0.2) is 84.6 Å². The Kier molecular flexibility index (Phi) is 7.70. The molecule has 0 aliphatic carbocycles. The Bertz CT molecular complexity index is 1550. The van der Waals surface area contributed by atoms with Crippen LogP contribution in [0.1, 0.15) is 34.5 Å². The summed E-state index contributed by atoms with van der Waals surface area (Å²) in [4.78, 5) is 17.2. The lowest BCUT2D eigenvalue weighted by molar-refractivity contribution is 0.0691. The molecule has 1 aliphatic heterocycles. The highest BCUT2D eigenvalue weighted by Crippen LogP contribution is 2.35. The molecular formula is C26H24N8O2S2. The third-order valence-electron chi connectivity index (χ3n) is 5.85. The molecule has 0 unspecified atom stereocenters. The van der Waals surface area contributed by atoms with Crippen molar-refractivity contribution in [1.82, 2.24) is 4.98 Å². The molecule has 0 amide bonds. The molecule has 1 N–H and O–H groups in total. The van der Waals surface area contributed by atoms with Crippen molar-refractivity contribution in [3.63, 3.8) is 0 Å². The number of aryl methyl sites for hydroxylation is 2. The fourth-order valence-corrected chi connectivity index (χ4v) is 5.32. The first kappa shape index (κ1) is 25.5. The van der Waals surface area contributed by atoms with Gasteiger partial charge >= 0.3 is 5.97 Å². The molecule has 192 valence electrons. The minimum absolute atomic E-state index is 0.0446. The number of hydrogen-bond donors (Lipinski definition) is 1. The summed E-state index contributed by atoms with van der Waals surface area (Å²) >= 11 is 2.79. The van der Waals surface area contributed by atoms with E-state index in [1.165, 1.54) is 23.2 Å². The van der Waals surface area contributed by atoms with Gasteiger partial charge in [-0.3, -0.25) is 0 Å². The van der Waals surface area contributed by atoms with E-state index < -0.39 is 5.97 Å². The number of azo groups is 3. The lowest BCUT2D eigenvalue weighted by atomic mass is 10.2. The predicted molar refractivity (Wildman–Crippen MR) is 150 cm³/mol. The second-order valence-corrected chi connectivity index (χ2v) is 10.5. The Morgan fingerprint density at radius 1 is 0.842 bits per heavy atom. The van der Waals surface area contributed by atoms with Gasteiger partial charge in [0.05, 0.1) is 27.8 Å². The second-order valence-electron chi connectivity index (χ2n) is 8.67. The maximum absolute atomic E-state index is 10.9. The number of thiazole rings is 1. The van der Waals surface area contributed by atoms with Gasteiger partial charge in [0.25, 0.3) is 0 Å². The molecule has 0 atom stereocenters. The molecule has 3 heterocycles. The first-order valence-electron chi connectivity index (χ1n) is 11.9. The monoisotopic (exact) mass is 544 g/mol. The number of thiophene rings is 1. The number of carboxylic acids is 1. The predicted octanol–water partition coefficient (Wildman–Crippen LogP) is 9.37. The number of carbonyl (C=O) groups is 1. The smallest absolute Gasteiger partial charge is 0.355 e. The lowest BCUT2D eigenvalue weighted by Gasteiger charge is -2.13. The van der Waals surface area contributed by atoms with Crippen molar-refractivity contribution >= 4 is 66.5 Å². The van der Waals surface area contributed by atoms with E-state index in [0.29, 0.717) is 11.4 Å². The molecule has 4 aromatic rings. The summed E-state index contributed by atoms with van der Waals surface area (Å²) in [7, 11) is 0. The first-order valence-corrected chi connectivity index (χ1v) is 13.6. The number of carboxylic acid groups (broad SMARTS) is 1. The van der Waals surface area contributed by atoms with Crippen molar-refractivity contribution in [2.75, 3.05) is 18.0 Å². The molecule has 0 spiro atoms. The Balaban J connectivity index is 1.22. The van der Waals surface area contributed by atoms with E-state index in [0.717, 1.165) is 51.9 Å². The van der Waals surface area contributed by atoms with Crippen LogP contribution in [0.5, 0.6) is 0 Å². The Labute approximate surface area is 227 Å². The zero-order valence-electron chi connectivity index (χ0n) is 20.8. The van der Waals surface area contributed by atoms with Crippen molar-refractivity contribution in [2.45, 2.75) is 26.7 Å². The number of nitrogens with zero attached hydrogens (tertiary/aromatic N) is 8. The highest BCUT2D eigenvalue weighted by Gasteiger charge is 2.14. The number of anilines is 1. The van der Waals surface area contributed by atoms with Crippen molar-refractivity contribution in [3.05, 3.63) is 70.7 Å². The molecule has 0 bridgehead atoms. The highest BCUT2D eigenvalue weighted by atomic mass is 32.1.